The average molecular weight is 787 g/mol. The number of fused-ring (bicyclic) bond motifs is 17. The Morgan fingerprint density at radius 3 is 2.17 bits per heavy atom. The van der Waals surface area contributed by atoms with Crippen LogP contribution in [-0.2, 0) is 10.8 Å². The molecule has 1 aliphatic carbocycles. The van der Waals surface area contributed by atoms with Gasteiger partial charge in [-0.15, -0.1) is 11.3 Å². The molecule has 284 valence electrons. The number of anilines is 2. The van der Waals surface area contributed by atoms with Crippen molar-refractivity contribution in [3.63, 3.8) is 0 Å². The van der Waals surface area contributed by atoms with E-state index < -0.39 is 0 Å². The Morgan fingerprint density at radius 1 is 0.550 bits per heavy atom. The van der Waals surface area contributed by atoms with Crippen LogP contribution in [0.4, 0.5) is 11.4 Å². The molecule has 60 heavy (non-hydrogen) atoms. The molecule has 5 heteroatoms. The Morgan fingerprint density at radius 2 is 1.32 bits per heavy atom. The van der Waals surface area contributed by atoms with Crippen molar-refractivity contribution in [1.82, 2.24) is 4.57 Å². The first-order chi connectivity index (χ1) is 29.1. The lowest BCUT2D eigenvalue weighted by Gasteiger charge is -2.42. The third-order valence-electron chi connectivity index (χ3n) is 14.3. The number of rotatable bonds is 1. The summed E-state index contributed by atoms with van der Waals surface area (Å²) in [5.74, 6) is 0. The van der Waals surface area contributed by atoms with Gasteiger partial charge in [-0.1, -0.05) is 120 Å². The molecule has 3 aromatic heterocycles. The third kappa shape index (κ3) is 4.07. The molecule has 14 rings (SSSR count). The highest BCUT2D eigenvalue weighted by Crippen LogP contribution is 2.53. The van der Waals surface area contributed by atoms with Crippen LogP contribution >= 0.6 is 11.3 Å². The maximum atomic E-state index is 6.63. The van der Waals surface area contributed by atoms with Crippen LogP contribution < -0.4 is 15.7 Å². The molecule has 0 unspecified atom stereocenters. The van der Waals surface area contributed by atoms with Gasteiger partial charge < -0.3 is 13.8 Å². The summed E-state index contributed by atoms with van der Waals surface area (Å²) in [6.45, 7) is 11.6. The average Bonchev–Trinajstić information content (AvgIpc) is 3.97. The minimum atomic E-state index is -0.114. The van der Waals surface area contributed by atoms with Gasteiger partial charge in [-0.25, -0.2) is 0 Å². The van der Waals surface area contributed by atoms with E-state index in [1.807, 2.05) is 11.3 Å². The van der Waals surface area contributed by atoms with Crippen molar-refractivity contribution in [3.8, 4) is 27.9 Å². The summed E-state index contributed by atoms with van der Waals surface area (Å²) in [7, 11) is 0. The van der Waals surface area contributed by atoms with Gasteiger partial charge in [0.15, 0.2) is 0 Å². The van der Waals surface area contributed by atoms with Crippen molar-refractivity contribution in [1.29, 1.82) is 0 Å². The molecule has 0 saturated carbocycles. The summed E-state index contributed by atoms with van der Waals surface area (Å²) in [5.41, 5.74) is 20.0. The Kier molecular flexibility index (Phi) is 6.09. The van der Waals surface area contributed by atoms with Crippen LogP contribution in [0, 0.1) is 0 Å². The standard InChI is InChI=1S/C55H39BN2OS/c1-54(2,3)30-18-20-31(21-19-30)58-46-25-40-33-13-7-10-16-48(33)59-49(40)27-39(46)35-22-23-36-38-24-37-32-12-6-9-15-42(32)55(4,5)43(37)28-45(38)57-47-26-41-34-14-8-11-17-50(34)60-51(41)29-44(47)56(58)52(35)53(36)57/h6-29H,1-5H3. The summed E-state index contributed by atoms with van der Waals surface area (Å²) < 4.78 is 11.9. The minimum Gasteiger partial charge on any atom is -0.456 e. The predicted molar refractivity (Wildman–Crippen MR) is 256 cm³/mol. The summed E-state index contributed by atoms with van der Waals surface area (Å²) in [6.07, 6.45) is 0. The fourth-order valence-electron chi connectivity index (χ4n) is 11.4. The van der Waals surface area contributed by atoms with Crippen LogP contribution in [0.1, 0.15) is 51.3 Å². The summed E-state index contributed by atoms with van der Waals surface area (Å²) in [5, 5.41) is 7.54. The van der Waals surface area contributed by atoms with E-state index in [-0.39, 0.29) is 17.7 Å². The van der Waals surface area contributed by atoms with E-state index in [0.717, 1.165) is 21.9 Å². The van der Waals surface area contributed by atoms with Gasteiger partial charge in [-0.05, 0) is 110 Å². The number of furan rings is 1. The molecule has 3 aliphatic rings. The normalized spacial score (nSPS) is 14.8. The molecule has 5 heterocycles. The number of hydrogen-bond donors (Lipinski definition) is 0. The zero-order valence-electron chi connectivity index (χ0n) is 34.1. The fraction of sp³-hybridized carbons (Fsp3) is 0.127. The van der Waals surface area contributed by atoms with Gasteiger partial charge in [-0.2, -0.15) is 0 Å². The SMILES string of the molecule is CC(C)(C)c1ccc(N2B3c4cc5sc6ccccc6c5cc4-n4c5cc6c(cc5c5ccc(c3c54)-c3cc4oc5ccccc5c4cc32)-c2ccccc2C6(C)C)cc1. The molecular formula is C55H39BN2OS. The van der Waals surface area contributed by atoms with Gasteiger partial charge >= 0.3 is 6.85 Å². The van der Waals surface area contributed by atoms with Crippen molar-refractivity contribution in [2.45, 2.75) is 45.4 Å². The maximum absolute atomic E-state index is 6.63. The van der Waals surface area contributed by atoms with Crippen LogP contribution in [0.2, 0.25) is 0 Å². The third-order valence-corrected chi connectivity index (χ3v) is 15.5. The lowest BCUT2D eigenvalue weighted by atomic mass is 9.44. The molecule has 0 atom stereocenters. The van der Waals surface area contributed by atoms with Gasteiger partial charge in [0, 0.05) is 69.8 Å². The molecule has 0 saturated heterocycles. The molecule has 0 spiro atoms. The molecule has 11 aromatic rings. The molecule has 0 bridgehead atoms. The molecule has 2 aliphatic heterocycles. The predicted octanol–water partition coefficient (Wildman–Crippen LogP) is 13.9. The quantitative estimate of drug-likeness (QED) is 0.155. The van der Waals surface area contributed by atoms with E-state index in [1.165, 1.54) is 109 Å². The Hall–Kier alpha value is -6.56. The van der Waals surface area contributed by atoms with E-state index in [4.69, 9.17) is 4.42 Å². The lowest BCUT2D eigenvalue weighted by molar-refractivity contribution is 0.590. The van der Waals surface area contributed by atoms with Crippen LogP contribution in [0.3, 0.4) is 0 Å². The number of thiophene rings is 1. The zero-order chi connectivity index (χ0) is 40.0. The Balaban J connectivity index is 1.16. The Labute approximate surface area is 352 Å². The van der Waals surface area contributed by atoms with E-state index in [9.17, 15) is 0 Å². The van der Waals surface area contributed by atoms with E-state index >= 15 is 0 Å². The fourth-order valence-corrected chi connectivity index (χ4v) is 12.6. The van der Waals surface area contributed by atoms with Gasteiger partial charge in [-0.3, -0.25) is 0 Å². The summed E-state index contributed by atoms with van der Waals surface area (Å²) >= 11 is 1.91. The molecule has 0 N–H and O–H groups in total. The van der Waals surface area contributed by atoms with Crippen LogP contribution in [0.25, 0.3) is 91.9 Å². The van der Waals surface area contributed by atoms with Crippen molar-refractivity contribution < 1.29 is 4.42 Å². The van der Waals surface area contributed by atoms with Crippen molar-refractivity contribution in [2.75, 3.05) is 4.81 Å². The van der Waals surface area contributed by atoms with E-state index in [0.29, 0.717) is 0 Å². The summed E-state index contributed by atoms with van der Waals surface area (Å²) in [6, 6.07) is 55.5. The largest absolute Gasteiger partial charge is 0.456 e. The highest BCUT2D eigenvalue weighted by molar-refractivity contribution is 7.26. The number of para-hydroxylation sites is 1. The second-order valence-electron chi connectivity index (χ2n) is 18.9. The molecule has 0 amide bonds. The number of aromatic nitrogens is 1. The molecular weight excluding hydrogens is 747 g/mol. The monoisotopic (exact) mass is 786 g/mol. The van der Waals surface area contributed by atoms with Crippen LogP contribution in [0.5, 0.6) is 0 Å². The first-order valence-corrected chi connectivity index (χ1v) is 22.0. The highest BCUT2D eigenvalue weighted by atomic mass is 32.1. The Bertz CT molecular complexity index is 3740. The van der Waals surface area contributed by atoms with E-state index in [2.05, 4.69) is 190 Å². The van der Waals surface area contributed by atoms with Crippen molar-refractivity contribution in [2.24, 2.45) is 0 Å². The molecule has 8 aromatic carbocycles. The highest BCUT2D eigenvalue weighted by Gasteiger charge is 2.45. The number of benzene rings is 8. The second-order valence-corrected chi connectivity index (χ2v) is 20.0. The van der Waals surface area contributed by atoms with Gasteiger partial charge in [0.1, 0.15) is 11.2 Å². The molecule has 0 fully saturated rings. The first-order valence-electron chi connectivity index (χ1n) is 21.2. The first kappa shape index (κ1) is 33.3. The van der Waals surface area contributed by atoms with E-state index in [1.54, 1.807) is 0 Å². The van der Waals surface area contributed by atoms with Gasteiger partial charge in [0.2, 0.25) is 0 Å². The van der Waals surface area contributed by atoms with Crippen LogP contribution in [0.15, 0.2) is 150 Å². The number of hydrogen-bond acceptors (Lipinski definition) is 3. The second kappa shape index (κ2) is 11.0. The van der Waals surface area contributed by atoms with Gasteiger partial charge in [0.25, 0.3) is 0 Å². The van der Waals surface area contributed by atoms with Crippen LogP contribution in [-0.4, -0.2) is 11.4 Å². The maximum Gasteiger partial charge on any atom is 0.333 e. The summed E-state index contributed by atoms with van der Waals surface area (Å²) in [4.78, 5) is 2.66. The minimum absolute atomic E-state index is 0.0412. The smallest absolute Gasteiger partial charge is 0.333 e. The van der Waals surface area contributed by atoms with Gasteiger partial charge in [0.05, 0.1) is 11.0 Å². The lowest BCUT2D eigenvalue weighted by Crippen LogP contribution is -2.60. The van der Waals surface area contributed by atoms with Crippen molar-refractivity contribution in [3.05, 3.63) is 162 Å². The number of nitrogens with zero attached hydrogens (tertiary/aromatic N) is 2. The molecule has 0 radical (unpaired) electrons. The zero-order valence-corrected chi connectivity index (χ0v) is 35.0. The molecule has 3 nitrogen and oxygen atoms in total. The van der Waals surface area contributed by atoms with Crippen molar-refractivity contribution >= 4 is 104 Å². The topological polar surface area (TPSA) is 21.3 Å².